The number of carboxylic acid groups (broad SMARTS) is 1. The fourth-order valence-electron chi connectivity index (χ4n) is 2.38. The molecule has 0 atom stereocenters. The highest BCUT2D eigenvalue weighted by atomic mass is 16.5. The van der Waals surface area contributed by atoms with Crippen molar-refractivity contribution in [3.63, 3.8) is 0 Å². The van der Waals surface area contributed by atoms with Crippen molar-refractivity contribution in [3.8, 4) is 16.9 Å². The first-order valence-electron chi connectivity index (χ1n) is 7.34. The zero-order valence-electron chi connectivity index (χ0n) is 13.3. The van der Waals surface area contributed by atoms with E-state index in [1.165, 1.54) is 0 Å². The monoisotopic (exact) mass is 315 g/mol. The van der Waals surface area contributed by atoms with Gasteiger partial charge < -0.3 is 19.9 Å². The van der Waals surface area contributed by atoms with Gasteiger partial charge in [-0.1, -0.05) is 24.3 Å². The molecule has 0 saturated heterocycles. The Bertz CT molecular complexity index is 670. The van der Waals surface area contributed by atoms with Crippen LogP contribution in [0.4, 0.5) is 0 Å². The lowest BCUT2D eigenvalue weighted by Gasteiger charge is -2.13. The molecule has 0 heterocycles. The zero-order valence-corrected chi connectivity index (χ0v) is 13.3. The van der Waals surface area contributed by atoms with E-state index < -0.39 is 5.97 Å². The summed E-state index contributed by atoms with van der Waals surface area (Å²) in [6.45, 7) is 0.884. The lowest BCUT2D eigenvalue weighted by Crippen LogP contribution is -2.10. The van der Waals surface area contributed by atoms with E-state index in [1.807, 2.05) is 49.5 Å². The van der Waals surface area contributed by atoms with Gasteiger partial charge in [0.1, 0.15) is 5.75 Å². The molecule has 0 saturated carbocycles. The standard InChI is InChI=1S/C18H21NO4/c1-19-10-13-6-7-17(23-12-18(20)21)16(9-13)15-5-3-4-14(8-15)11-22-2/h3-9,19H,10-12H2,1-2H3,(H,20,21). The van der Waals surface area contributed by atoms with Crippen molar-refractivity contribution >= 4 is 5.97 Å². The van der Waals surface area contributed by atoms with Crippen molar-refractivity contribution in [3.05, 3.63) is 53.6 Å². The first kappa shape index (κ1) is 17.0. The number of carbonyl (C=O) groups is 1. The third-order valence-corrected chi connectivity index (χ3v) is 3.33. The minimum Gasteiger partial charge on any atom is -0.481 e. The molecule has 0 aliphatic rings. The Morgan fingerprint density at radius 1 is 1.17 bits per heavy atom. The van der Waals surface area contributed by atoms with Gasteiger partial charge in [-0.25, -0.2) is 4.79 Å². The maximum atomic E-state index is 10.8. The molecule has 0 unspecified atom stereocenters. The molecule has 23 heavy (non-hydrogen) atoms. The maximum absolute atomic E-state index is 10.8. The van der Waals surface area contributed by atoms with Gasteiger partial charge in [-0.05, 0) is 41.9 Å². The molecule has 5 nitrogen and oxygen atoms in total. The van der Waals surface area contributed by atoms with Crippen molar-refractivity contribution in [2.75, 3.05) is 20.8 Å². The number of ether oxygens (including phenoxy) is 2. The van der Waals surface area contributed by atoms with Crippen LogP contribution in [0.2, 0.25) is 0 Å². The lowest BCUT2D eigenvalue weighted by molar-refractivity contribution is -0.139. The number of nitrogens with one attached hydrogen (secondary N) is 1. The molecule has 2 rings (SSSR count). The molecule has 0 radical (unpaired) electrons. The van der Waals surface area contributed by atoms with Crippen LogP contribution in [0.3, 0.4) is 0 Å². The number of aliphatic carboxylic acids is 1. The summed E-state index contributed by atoms with van der Waals surface area (Å²) in [4.78, 5) is 10.8. The molecule has 2 N–H and O–H groups in total. The number of hydrogen-bond acceptors (Lipinski definition) is 4. The molecule has 0 aliphatic heterocycles. The van der Waals surface area contributed by atoms with Gasteiger partial charge in [-0.3, -0.25) is 0 Å². The van der Waals surface area contributed by atoms with Crippen LogP contribution in [0, 0.1) is 0 Å². The molecule has 0 aromatic heterocycles. The van der Waals surface area contributed by atoms with Crippen molar-refractivity contribution in [2.45, 2.75) is 13.2 Å². The normalized spacial score (nSPS) is 10.5. The highest BCUT2D eigenvalue weighted by Crippen LogP contribution is 2.32. The minimum absolute atomic E-state index is 0.365. The Balaban J connectivity index is 2.41. The van der Waals surface area contributed by atoms with Crippen LogP contribution in [0.15, 0.2) is 42.5 Å². The fourth-order valence-corrected chi connectivity index (χ4v) is 2.38. The SMILES string of the molecule is CNCc1ccc(OCC(=O)O)c(-c2cccc(COC)c2)c1. The van der Waals surface area contributed by atoms with Crippen LogP contribution in [0.1, 0.15) is 11.1 Å². The van der Waals surface area contributed by atoms with Crippen molar-refractivity contribution < 1.29 is 19.4 Å². The molecule has 0 aliphatic carbocycles. The summed E-state index contributed by atoms with van der Waals surface area (Å²) in [6.07, 6.45) is 0. The van der Waals surface area contributed by atoms with Gasteiger partial charge in [0.25, 0.3) is 0 Å². The van der Waals surface area contributed by atoms with E-state index in [2.05, 4.69) is 5.32 Å². The van der Waals surface area contributed by atoms with E-state index in [4.69, 9.17) is 14.6 Å². The number of hydrogen-bond donors (Lipinski definition) is 2. The quantitative estimate of drug-likeness (QED) is 0.784. The van der Waals surface area contributed by atoms with Gasteiger partial charge in [0.05, 0.1) is 6.61 Å². The smallest absolute Gasteiger partial charge is 0.341 e. The number of carboxylic acids is 1. The van der Waals surface area contributed by atoms with Gasteiger partial charge in [-0.15, -0.1) is 0 Å². The highest BCUT2D eigenvalue weighted by Gasteiger charge is 2.10. The third kappa shape index (κ3) is 4.81. The van der Waals surface area contributed by atoms with Crippen molar-refractivity contribution in [1.82, 2.24) is 5.32 Å². The topological polar surface area (TPSA) is 67.8 Å². The van der Waals surface area contributed by atoms with E-state index >= 15 is 0 Å². The van der Waals surface area contributed by atoms with Crippen molar-refractivity contribution in [2.24, 2.45) is 0 Å². The molecule has 5 heteroatoms. The Kier molecular flexibility index (Phi) is 6.14. The second-order valence-electron chi connectivity index (χ2n) is 5.18. The first-order valence-corrected chi connectivity index (χ1v) is 7.34. The van der Waals surface area contributed by atoms with Gasteiger partial charge >= 0.3 is 5.97 Å². The average Bonchev–Trinajstić information content (AvgIpc) is 2.54. The van der Waals surface area contributed by atoms with Gasteiger partial charge in [0.15, 0.2) is 6.61 Å². The second-order valence-corrected chi connectivity index (χ2v) is 5.18. The molecule has 0 spiro atoms. The van der Waals surface area contributed by atoms with Crippen LogP contribution >= 0.6 is 0 Å². The van der Waals surface area contributed by atoms with Gasteiger partial charge in [0.2, 0.25) is 0 Å². The summed E-state index contributed by atoms with van der Waals surface area (Å²) < 4.78 is 10.6. The fraction of sp³-hybridized carbons (Fsp3) is 0.278. The lowest BCUT2D eigenvalue weighted by atomic mass is 10.00. The molecular weight excluding hydrogens is 294 g/mol. The third-order valence-electron chi connectivity index (χ3n) is 3.33. The van der Waals surface area contributed by atoms with Crippen LogP contribution in [0.5, 0.6) is 5.75 Å². The van der Waals surface area contributed by atoms with E-state index in [0.717, 1.165) is 28.8 Å². The summed E-state index contributed by atoms with van der Waals surface area (Å²) in [5.41, 5.74) is 3.99. The van der Waals surface area contributed by atoms with E-state index in [0.29, 0.717) is 12.4 Å². The molecule has 2 aromatic carbocycles. The predicted octanol–water partition coefficient (Wildman–Crippen LogP) is 2.68. The van der Waals surface area contributed by atoms with E-state index in [-0.39, 0.29) is 6.61 Å². The summed E-state index contributed by atoms with van der Waals surface area (Å²) in [5.74, 6) is -0.440. The first-order chi connectivity index (χ1) is 11.1. The van der Waals surface area contributed by atoms with E-state index in [9.17, 15) is 4.79 Å². The zero-order chi connectivity index (χ0) is 16.7. The summed E-state index contributed by atoms with van der Waals surface area (Å²) in [6, 6.07) is 13.7. The Morgan fingerprint density at radius 3 is 2.70 bits per heavy atom. The molecule has 2 aromatic rings. The Labute approximate surface area is 135 Å². The predicted molar refractivity (Wildman–Crippen MR) is 88.5 cm³/mol. The highest BCUT2D eigenvalue weighted by molar-refractivity contribution is 5.73. The largest absolute Gasteiger partial charge is 0.481 e. The molecule has 0 bridgehead atoms. The number of methoxy groups -OCH3 is 1. The molecule has 122 valence electrons. The minimum atomic E-state index is -0.997. The van der Waals surface area contributed by atoms with Gasteiger partial charge in [0, 0.05) is 19.2 Å². The number of rotatable bonds is 8. The maximum Gasteiger partial charge on any atom is 0.341 e. The van der Waals surface area contributed by atoms with Gasteiger partial charge in [-0.2, -0.15) is 0 Å². The van der Waals surface area contributed by atoms with Crippen LogP contribution < -0.4 is 10.1 Å². The summed E-state index contributed by atoms with van der Waals surface area (Å²) >= 11 is 0. The van der Waals surface area contributed by atoms with Crippen molar-refractivity contribution in [1.29, 1.82) is 0 Å². The molecule has 0 amide bonds. The van der Waals surface area contributed by atoms with Crippen LogP contribution in [-0.4, -0.2) is 31.8 Å². The molecular formula is C18H21NO4. The Morgan fingerprint density at radius 2 is 2.00 bits per heavy atom. The van der Waals surface area contributed by atoms with Crippen LogP contribution in [0.25, 0.3) is 11.1 Å². The van der Waals surface area contributed by atoms with E-state index in [1.54, 1.807) is 7.11 Å². The summed E-state index contributed by atoms with van der Waals surface area (Å²) in [5, 5.41) is 11.9. The summed E-state index contributed by atoms with van der Waals surface area (Å²) in [7, 11) is 3.54. The molecule has 0 fully saturated rings. The average molecular weight is 315 g/mol. The number of benzene rings is 2. The second kappa shape index (κ2) is 8.31. The van der Waals surface area contributed by atoms with Crippen LogP contribution in [-0.2, 0) is 22.7 Å². The Hall–Kier alpha value is -2.37.